The van der Waals surface area contributed by atoms with Crippen LogP contribution in [0.1, 0.15) is 79.2 Å². The molecule has 2 rings (SSSR count). The summed E-state index contributed by atoms with van der Waals surface area (Å²) in [7, 11) is -3.18. The molecule has 3 nitrogen and oxygen atoms in total. The molecule has 1 aliphatic heterocycles. The zero-order chi connectivity index (χ0) is 24.1. The molecule has 0 aliphatic carbocycles. The van der Waals surface area contributed by atoms with Crippen molar-refractivity contribution in [2.24, 2.45) is 0 Å². The van der Waals surface area contributed by atoms with Crippen LogP contribution in [0.5, 0.6) is 0 Å². The van der Waals surface area contributed by atoms with Crippen LogP contribution in [0.2, 0.25) is 36.3 Å². The number of benzene rings is 1. The van der Waals surface area contributed by atoms with Gasteiger partial charge in [0.05, 0.1) is 0 Å². The number of nitrogens with zero attached hydrogens (tertiary/aromatic N) is 1. The van der Waals surface area contributed by atoms with Gasteiger partial charge in [-0.05, 0) is 79.1 Å². The van der Waals surface area contributed by atoms with Crippen LogP contribution in [-0.2, 0) is 4.12 Å². The molecule has 1 aromatic carbocycles. The van der Waals surface area contributed by atoms with Crippen LogP contribution in [0.4, 0.5) is 5.69 Å². The average Bonchev–Trinajstić information content (AvgIpc) is 3.14. The van der Waals surface area contributed by atoms with Crippen LogP contribution < -0.4 is 4.90 Å². The predicted molar refractivity (Wildman–Crippen MR) is 143 cm³/mol. The number of hydrogen-bond acceptors (Lipinski definition) is 3. The average molecular weight is 466 g/mol. The van der Waals surface area contributed by atoms with E-state index in [1.54, 1.807) is 0 Å². The van der Waals surface area contributed by atoms with Gasteiger partial charge in [0.15, 0.2) is 16.6 Å². The van der Waals surface area contributed by atoms with Gasteiger partial charge >= 0.3 is 0 Å². The Labute approximate surface area is 195 Å². The third kappa shape index (κ3) is 8.34. The van der Waals surface area contributed by atoms with E-state index in [2.05, 4.69) is 104 Å². The van der Waals surface area contributed by atoms with Gasteiger partial charge in [-0.3, -0.25) is 0 Å². The molecule has 0 radical (unpaired) electrons. The molecule has 1 heterocycles. The molecule has 1 fully saturated rings. The summed E-state index contributed by atoms with van der Waals surface area (Å²) in [6.07, 6.45) is 3.49. The van der Waals surface area contributed by atoms with Crippen LogP contribution in [-0.4, -0.2) is 41.4 Å². The topological polar surface area (TPSA) is 32.7 Å². The minimum atomic E-state index is -1.59. The van der Waals surface area contributed by atoms with Crippen LogP contribution in [0.15, 0.2) is 24.3 Å². The second kappa shape index (κ2) is 11.0. The standard InChI is InChI=1S/C14H21NO.C12H30OSi2/c1-12(8-11-16)13-4-6-14(7-5-13)15-9-2-3-10-15;1-11(2,3)14(7,8)13-15(9,10)12(4,5)6/h4-7,12,16H,2-3,8-11H2,1H3;1-10H3/t12-;/m1./s1. The summed E-state index contributed by atoms with van der Waals surface area (Å²) in [5.74, 6) is 0.456. The van der Waals surface area contributed by atoms with Crippen LogP contribution in [0.3, 0.4) is 0 Å². The van der Waals surface area contributed by atoms with E-state index in [1.807, 2.05) is 0 Å². The van der Waals surface area contributed by atoms with Crippen molar-refractivity contribution in [1.82, 2.24) is 0 Å². The van der Waals surface area contributed by atoms with Gasteiger partial charge in [-0.2, -0.15) is 0 Å². The maximum Gasteiger partial charge on any atom is 0.178 e. The lowest BCUT2D eigenvalue weighted by atomic mass is 9.98. The Balaban J connectivity index is 0.000000311. The highest BCUT2D eigenvalue weighted by Crippen LogP contribution is 2.44. The summed E-state index contributed by atoms with van der Waals surface area (Å²) >= 11 is 0. The predicted octanol–water partition coefficient (Wildman–Crippen LogP) is 7.79. The zero-order valence-electron chi connectivity index (χ0n) is 22.4. The molecule has 0 saturated carbocycles. The summed E-state index contributed by atoms with van der Waals surface area (Å²) < 4.78 is 6.63. The molecule has 1 aliphatic rings. The van der Waals surface area contributed by atoms with Crippen molar-refractivity contribution < 1.29 is 9.22 Å². The fourth-order valence-electron chi connectivity index (χ4n) is 3.29. The van der Waals surface area contributed by atoms with E-state index in [9.17, 15) is 0 Å². The van der Waals surface area contributed by atoms with E-state index in [1.165, 1.54) is 37.2 Å². The molecule has 1 saturated heterocycles. The molecule has 0 spiro atoms. The molecular formula is C26H51NO2Si2. The van der Waals surface area contributed by atoms with Gasteiger partial charge < -0.3 is 14.1 Å². The molecule has 0 aromatic heterocycles. The molecule has 0 unspecified atom stereocenters. The maximum atomic E-state index is 8.92. The van der Waals surface area contributed by atoms with Gasteiger partial charge in [0, 0.05) is 25.4 Å². The van der Waals surface area contributed by atoms with Crippen LogP contribution >= 0.6 is 0 Å². The Bertz CT molecular complexity index is 627. The fourth-order valence-corrected chi connectivity index (χ4v) is 10.8. The summed E-state index contributed by atoms with van der Waals surface area (Å²) in [4.78, 5) is 2.44. The zero-order valence-corrected chi connectivity index (χ0v) is 24.4. The molecule has 31 heavy (non-hydrogen) atoms. The number of aliphatic hydroxyl groups excluding tert-OH is 1. The van der Waals surface area contributed by atoms with Gasteiger partial charge in [0.25, 0.3) is 0 Å². The summed E-state index contributed by atoms with van der Waals surface area (Å²) in [6.45, 7) is 28.1. The van der Waals surface area contributed by atoms with Crippen molar-refractivity contribution in [3.63, 3.8) is 0 Å². The van der Waals surface area contributed by atoms with Gasteiger partial charge in [-0.25, -0.2) is 0 Å². The minimum absolute atomic E-state index is 0.273. The smallest absolute Gasteiger partial charge is 0.178 e. The highest BCUT2D eigenvalue weighted by Gasteiger charge is 2.46. The van der Waals surface area contributed by atoms with Crippen molar-refractivity contribution in [3.8, 4) is 0 Å². The summed E-state index contributed by atoms with van der Waals surface area (Å²) in [5.41, 5.74) is 2.68. The molecule has 5 heteroatoms. The van der Waals surface area contributed by atoms with Gasteiger partial charge in [0.2, 0.25) is 0 Å². The quantitative estimate of drug-likeness (QED) is 0.435. The van der Waals surface area contributed by atoms with Crippen molar-refractivity contribution >= 4 is 22.3 Å². The first kappa shape index (κ1) is 28.4. The highest BCUT2D eigenvalue weighted by molar-refractivity contribution is 6.87. The maximum absolute atomic E-state index is 8.92. The molecule has 1 N–H and O–H groups in total. The summed E-state index contributed by atoms with van der Waals surface area (Å²) in [6, 6.07) is 8.84. The molecule has 0 bridgehead atoms. The second-order valence-electron chi connectivity index (χ2n) is 12.3. The Morgan fingerprint density at radius 2 is 1.29 bits per heavy atom. The largest absolute Gasteiger partial charge is 0.455 e. The molecule has 1 aromatic rings. The van der Waals surface area contributed by atoms with Crippen molar-refractivity contribution in [1.29, 1.82) is 0 Å². The van der Waals surface area contributed by atoms with Crippen LogP contribution in [0, 0.1) is 0 Å². The van der Waals surface area contributed by atoms with E-state index >= 15 is 0 Å². The van der Waals surface area contributed by atoms with Crippen molar-refractivity contribution in [2.75, 3.05) is 24.6 Å². The van der Waals surface area contributed by atoms with E-state index in [4.69, 9.17) is 9.22 Å². The number of rotatable bonds is 6. The monoisotopic (exact) mass is 465 g/mol. The Morgan fingerprint density at radius 3 is 1.65 bits per heavy atom. The SMILES string of the molecule is CC(C)(C)[Si](C)(C)O[Si](C)(C)C(C)(C)C.C[C@H](CCO)c1ccc(N2CCCC2)cc1. The highest BCUT2D eigenvalue weighted by atomic mass is 28.4. The van der Waals surface area contributed by atoms with E-state index < -0.39 is 16.6 Å². The molecule has 1 atom stereocenters. The van der Waals surface area contributed by atoms with Gasteiger partial charge in [0.1, 0.15) is 0 Å². The minimum Gasteiger partial charge on any atom is -0.455 e. The molecule has 0 amide bonds. The lowest BCUT2D eigenvalue weighted by molar-refractivity contribution is 0.278. The first-order chi connectivity index (χ1) is 14.0. The van der Waals surface area contributed by atoms with Crippen LogP contribution in [0.25, 0.3) is 0 Å². The fraction of sp³-hybridized carbons (Fsp3) is 0.769. The Hall–Kier alpha value is -0.626. The third-order valence-corrected chi connectivity index (χ3v) is 18.9. The van der Waals surface area contributed by atoms with Crippen molar-refractivity contribution in [2.45, 2.75) is 110 Å². The number of aliphatic hydroxyl groups is 1. The van der Waals surface area contributed by atoms with Crippen molar-refractivity contribution in [3.05, 3.63) is 29.8 Å². The van der Waals surface area contributed by atoms with E-state index in [0.717, 1.165) is 6.42 Å². The summed E-state index contributed by atoms with van der Waals surface area (Å²) in [5, 5.41) is 9.56. The third-order valence-electron chi connectivity index (χ3n) is 7.62. The second-order valence-corrected chi connectivity index (χ2v) is 22.2. The molecule has 180 valence electrons. The first-order valence-corrected chi connectivity index (χ1v) is 18.0. The Morgan fingerprint density at radius 1 is 0.871 bits per heavy atom. The lowest BCUT2D eigenvalue weighted by Crippen LogP contribution is -2.53. The van der Waals surface area contributed by atoms with E-state index in [-0.39, 0.29) is 6.61 Å². The number of hydrogen-bond donors (Lipinski definition) is 1. The molecular weight excluding hydrogens is 414 g/mol. The normalized spacial score (nSPS) is 16.7. The first-order valence-electron chi connectivity index (χ1n) is 12.2. The van der Waals surface area contributed by atoms with E-state index in [0.29, 0.717) is 16.0 Å². The van der Waals surface area contributed by atoms with Gasteiger partial charge in [-0.1, -0.05) is 60.6 Å². The lowest BCUT2D eigenvalue weighted by Gasteiger charge is -2.47. The van der Waals surface area contributed by atoms with Gasteiger partial charge in [-0.15, -0.1) is 0 Å². The Kier molecular flexibility index (Phi) is 10.1. The number of anilines is 1.